The molecular weight excluding hydrogens is 442 g/mol. The number of aromatic nitrogens is 1. The Morgan fingerprint density at radius 1 is 1.00 bits per heavy atom. The fourth-order valence-corrected chi connectivity index (χ4v) is 2.66. The molecule has 1 heterocycles. The van der Waals surface area contributed by atoms with Crippen molar-refractivity contribution >= 4 is 17.5 Å². The summed E-state index contributed by atoms with van der Waals surface area (Å²) in [5, 5.41) is 5.23. The predicted octanol–water partition coefficient (Wildman–Crippen LogP) is 1.94. The number of nitrogens with zero attached hydrogens (tertiary/aromatic N) is 1. The van der Waals surface area contributed by atoms with Crippen molar-refractivity contribution in [2.75, 3.05) is 11.9 Å². The normalized spacial score (nSPS) is 12.3. The van der Waals surface area contributed by atoms with E-state index in [4.69, 9.17) is 11.5 Å². The van der Waals surface area contributed by atoms with E-state index in [0.717, 1.165) is 0 Å². The molecule has 2 amide bonds. The molecule has 0 fully saturated rings. The molecular formula is C22H23F4N5O2. The van der Waals surface area contributed by atoms with E-state index in [2.05, 4.69) is 21.5 Å². The Morgan fingerprint density at radius 3 is 2.15 bits per heavy atom. The third-order valence-electron chi connectivity index (χ3n) is 4.48. The van der Waals surface area contributed by atoms with E-state index in [0.29, 0.717) is 31.5 Å². The lowest BCUT2D eigenvalue weighted by Crippen LogP contribution is -2.49. The molecule has 11 heteroatoms. The minimum atomic E-state index is -1.80. The molecule has 176 valence electrons. The standard InChI is InChI=1S/C22H23F4N5O2/c1-12(28)21(32)30-16(4-2-3-11-27)22(33)29-14-8-5-13(6-9-14)7-10-15-17(23)19(25)31-20(26)18(15)24/h5-6,8-9,12,16H,2-4,11,27-28H2,1H3,(H,29,33)(H,30,32)/t12-,16-/m0/s1. The molecule has 0 aliphatic heterocycles. The van der Waals surface area contributed by atoms with E-state index in [-0.39, 0.29) is 5.56 Å². The fourth-order valence-electron chi connectivity index (χ4n) is 2.66. The van der Waals surface area contributed by atoms with E-state index in [9.17, 15) is 27.2 Å². The third-order valence-corrected chi connectivity index (χ3v) is 4.48. The molecule has 33 heavy (non-hydrogen) atoms. The molecule has 2 rings (SSSR count). The number of hydrogen-bond donors (Lipinski definition) is 4. The monoisotopic (exact) mass is 465 g/mol. The molecule has 0 unspecified atom stereocenters. The average molecular weight is 465 g/mol. The van der Waals surface area contributed by atoms with Crippen LogP contribution in [0.3, 0.4) is 0 Å². The minimum Gasteiger partial charge on any atom is -0.343 e. The minimum absolute atomic E-state index is 0.259. The zero-order chi connectivity index (χ0) is 24.5. The maximum atomic E-state index is 13.6. The second-order valence-corrected chi connectivity index (χ2v) is 7.15. The van der Waals surface area contributed by atoms with Gasteiger partial charge >= 0.3 is 0 Å². The number of benzene rings is 1. The van der Waals surface area contributed by atoms with Gasteiger partial charge < -0.3 is 22.1 Å². The molecule has 0 aliphatic carbocycles. The number of hydrogen-bond acceptors (Lipinski definition) is 5. The first-order valence-corrected chi connectivity index (χ1v) is 10.0. The Kier molecular flexibility index (Phi) is 9.32. The largest absolute Gasteiger partial charge is 0.343 e. The SMILES string of the molecule is C[C@H](N)C(=O)N[C@@H](CCCCN)C(=O)Nc1ccc(C#Cc2c(F)c(F)nc(F)c2F)cc1. The van der Waals surface area contributed by atoms with Crippen LogP contribution in [0.2, 0.25) is 0 Å². The highest BCUT2D eigenvalue weighted by molar-refractivity contribution is 5.97. The average Bonchev–Trinajstić information content (AvgIpc) is 2.78. The molecule has 7 nitrogen and oxygen atoms in total. The van der Waals surface area contributed by atoms with Crippen molar-refractivity contribution < 1.29 is 27.2 Å². The van der Waals surface area contributed by atoms with Crippen LogP contribution >= 0.6 is 0 Å². The van der Waals surface area contributed by atoms with Gasteiger partial charge in [-0.05, 0) is 57.0 Å². The van der Waals surface area contributed by atoms with Gasteiger partial charge in [-0.15, -0.1) is 0 Å². The summed E-state index contributed by atoms with van der Waals surface area (Å²) < 4.78 is 53.6. The number of nitrogens with one attached hydrogen (secondary N) is 2. The molecule has 0 bridgehead atoms. The zero-order valence-corrected chi connectivity index (χ0v) is 17.7. The molecule has 2 aromatic rings. The van der Waals surface area contributed by atoms with Crippen LogP contribution in [-0.4, -0.2) is 35.4 Å². The van der Waals surface area contributed by atoms with Crippen LogP contribution in [0.25, 0.3) is 0 Å². The number of rotatable bonds is 8. The summed E-state index contributed by atoms with van der Waals surface area (Å²) in [4.78, 5) is 27.0. The highest BCUT2D eigenvalue weighted by atomic mass is 19.2. The van der Waals surface area contributed by atoms with Crippen molar-refractivity contribution in [1.29, 1.82) is 0 Å². The molecule has 1 aromatic heterocycles. The molecule has 0 saturated carbocycles. The van der Waals surface area contributed by atoms with Crippen molar-refractivity contribution in [2.24, 2.45) is 11.5 Å². The topological polar surface area (TPSA) is 123 Å². The molecule has 0 radical (unpaired) electrons. The van der Waals surface area contributed by atoms with Crippen LogP contribution < -0.4 is 22.1 Å². The van der Waals surface area contributed by atoms with Crippen LogP contribution in [-0.2, 0) is 9.59 Å². The number of amides is 2. The summed E-state index contributed by atoms with van der Waals surface area (Å²) in [6.45, 7) is 1.95. The quantitative estimate of drug-likeness (QED) is 0.205. The maximum Gasteiger partial charge on any atom is 0.253 e. The number of pyridine rings is 1. The summed E-state index contributed by atoms with van der Waals surface area (Å²) in [6.07, 6.45) is 1.66. The Bertz CT molecular complexity index is 1040. The first-order chi connectivity index (χ1) is 15.6. The summed E-state index contributed by atoms with van der Waals surface area (Å²) in [7, 11) is 0. The molecule has 0 aliphatic rings. The van der Waals surface area contributed by atoms with Crippen LogP contribution in [0.1, 0.15) is 37.3 Å². The Labute approximate surface area is 187 Å². The summed E-state index contributed by atoms with van der Waals surface area (Å²) in [5.74, 6) is -3.50. The first-order valence-electron chi connectivity index (χ1n) is 10.0. The van der Waals surface area contributed by atoms with E-state index in [1.165, 1.54) is 31.2 Å². The van der Waals surface area contributed by atoms with Gasteiger partial charge in [-0.25, -0.2) is 8.78 Å². The van der Waals surface area contributed by atoms with Gasteiger partial charge in [0, 0.05) is 11.3 Å². The Balaban J connectivity index is 2.13. The smallest absolute Gasteiger partial charge is 0.253 e. The van der Waals surface area contributed by atoms with Crippen molar-refractivity contribution in [2.45, 2.75) is 38.3 Å². The van der Waals surface area contributed by atoms with Crippen LogP contribution in [0.4, 0.5) is 23.2 Å². The van der Waals surface area contributed by atoms with E-state index >= 15 is 0 Å². The van der Waals surface area contributed by atoms with Crippen LogP contribution in [0, 0.1) is 35.4 Å². The van der Waals surface area contributed by atoms with Crippen LogP contribution in [0.15, 0.2) is 24.3 Å². The maximum absolute atomic E-state index is 13.6. The van der Waals surface area contributed by atoms with E-state index < -0.39 is 53.0 Å². The predicted molar refractivity (Wildman–Crippen MR) is 114 cm³/mol. The zero-order valence-electron chi connectivity index (χ0n) is 17.7. The van der Waals surface area contributed by atoms with Gasteiger partial charge in [0.15, 0.2) is 11.6 Å². The molecule has 2 atom stereocenters. The van der Waals surface area contributed by atoms with Gasteiger partial charge in [0.2, 0.25) is 11.8 Å². The van der Waals surface area contributed by atoms with Crippen molar-refractivity contribution in [3.63, 3.8) is 0 Å². The third kappa shape index (κ3) is 7.27. The molecule has 1 aromatic carbocycles. The summed E-state index contributed by atoms with van der Waals surface area (Å²) >= 11 is 0. The highest BCUT2D eigenvalue weighted by Gasteiger charge is 2.22. The fraction of sp³-hybridized carbons (Fsp3) is 0.318. The molecule has 0 spiro atoms. The van der Waals surface area contributed by atoms with E-state index in [1.807, 2.05) is 5.92 Å². The van der Waals surface area contributed by atoms with Gasteiger partial charge in [0.1, 0.15) is 11.6 Å². The Morgan fingerprint density at radius 2 is 1.61 bits per heavy atom. The van der Waals surface area contributed by atoms with Gasteiger partial charge in [0.25, 0.3) is 11.9 Å². The summed E-state index contributed by atoms with van der Waals surface area (Å²) in [5.41, 5.74) is 10.6. The summed E-state index contributed by atoms with van der Waals surface area (Å²) in [6, 6.07) is 4.17. The van der Waals surface area contributed by atoms with Gasteiger partial charge in [-0.3, -0.25) is 9.59 Å². The number of nitrogens with two attached hydrogens (primary N) is 2. The van der Waals surface area contributed by atoms with Crippen molar-refractivity contribution in [1.82, 2.24) is 10.3 Å². The molecule has 6 N–H and O–H groups in total. The number of unbranched alkanes of at least 4 members (excludes halogenated alkanes) is 1. The number of anilines is 1. The Hall–Kier alpha value is -3.49. The van der Waals surface area contributed by atoms with E-state index in [1.54, 1.807) is 0 Å². The molecule has 0 saturated heterocycles. The highest BCUT2D eigenvalue weighted by Crippen LogP contribution is 2.16. The number of halogens is 4. The number of carbonyl (C=O) groups excluding carboxylic acids is 2. The van der Waals surface area contributed by atoms with Crippen molar-refractivity contribution in [3.8, 4) is 11.8 Å². The second-order valence-electron chi connectivity index (χ2n) is 7.15. The first kappa shape index (κ1) is 25.8. The van der Waals surface area contributed by atoms with Gasteiger partial charge in [-0.1, -0.05) is 11.8 Å². The lowest BCUT2D eigenvalue weighted by molar-refractivity contribution is -0.127. The van der Waals surface area contributed by atoms with Gasteiger partial charge in [0.05, 0.1) is 6.04 Å². The van der Waals surface area contributed by atoms with Gasteiger partial charge in [-0.2, -0.15) is 13.8 Å². The van der Waals surface area contributed by atoms with Crippen molar-refractivity contribution in [3.05, 3.63) is 58.9 Å². The lowest BCUT2D eigenvalue weighted by atomic mass is 10.1. The van der Waals surface area contributed by atoms with Crippen LogP contribution in [0.5, 0.6) is 0 Å². The number of carbonyl (C=O) groups is 2. The second kappa shape index (κ2) is 11.9. The lowest BCUT2D eigenvalue weighted by Gasteiger charge is -2.19.